The topological polar surface area (TPSA) is 91.4 Å². The van der Waals surface area contributed by atoms with E-state index in [1.54, 1.807) is 13.2 Å². The Morgan fingerprint density at radius 2 is 1.86 bits per heavy atom. The summed E-state index contributed by atoms with van der Waals surface area (Å²) in [5, 5.41) is 10.2. The fraction of sp³-hybridized carbons (Fsp3) is 0.577. The first-order valence-electron chi connectivity index (χ1n) is 12.4. The zero-order valence-corrected chi connectivity index (χ0v) is 21.7. The zero-order valence-electron chi connectivity index (χ0n) is 20.9. The second-order valence-electron chi connectivity index (χ2n) is 10.8. The maximum atomic E-state index is 12.8. The van der Waals surface area contributed by atoms with Crippen LogP contribution in [0.3, 0.4) is 0 Å². The lowest BCUT2D eigenvalue weighted by Gasteiger charge is -2.66. The van der Waals surface area contributed by atoms with E-state index >= 15 is 0 Å². The van der Waals surface area contributed by atoms with Gasteiger partial charge in [0, 0.05) is 31.5 Å². The smallest absolute Gasteiger partial charge is 0.229 e. The summed E-state index contributed by atoms with van der Waals surface area (Å²) in [6.07, 6.45) is 3.57. The lowest BCUT2D eigenvalue weighted by molar-refractivity contribution is -0.155. The molecule has 188 valence electrons. The molecule has 6 rings (SSSR count). The van der Waals surface area contributed by atoms with E-state index in [9.17, 15) is 4.79 Å². The van der Waals surface area contributed by atoms with Crippen molar-refractivity contribution in [2.24, 2.45) is 23.2 Å². The van der Waals surface area contributed by atoms with E-state index in [0.29, 0.717) is 28.6 Å². The van der Waals surface area contributed by atoms with Crippen LogP contribution in [0.25, 0.3) is 0 Å². The molecule has 1 aromatic carbocycles. The summed E-state index contributed by atoms with van der Waals surface area (Å²) >= 11 is 6.55. The first kappa shape index (κ1) is 24.1. The molecule has 0 unspecified atom stereocenters. The van der Waals surface area contributed by atoms with E-state index in [1.165, 1.54) is 5.69 Å². The molecule has 3 saturated carbocycles. The van der Waals surface area contributed by atoms with Crippen molar-refractivity contribution in [3.05, 3.63) is 35.5 Å². The molecule has 2 aromatic rings. The van der Waals surface area contributed by atoms with Crippen LogP contribution in [-0.4, -0.2) is 54.8 Å². The molecule has 3 N–H and O–H groups in total. The molecule has 9 heteroatoms. The summed E-state index contributed by atoms with van der Waals surface area (Å²) in [4.78, 5) is 24.3. The third-order valence-corrected chi connectivity index (χ3v) is 8.91. The van der Waals surface area contributed by atoms with Crippen molar-refractivity contribution in [3.8, 4) is 0 Å². The van der Waals surface area contributed by atoms with Crippen molar-refractivity contribution in [3.63, 3.8) is 0 Å². The molecule has 1 saturated heterocycles. The Morgan fingerprint density at radius 1 is 1.14 bits per heavy atom. The second-order valence-corrected chi connectivity index (χ2v) is 11.2. The Balaban J connectivity index is 1.35. The van der Waals surface area contributed by atoms with Crippen LogP contribution in [0, 0.1) is 23.2 Å². The van der Waals surface area contributed by atoms with E-state index in [-0.39, 0.29) is 17.2 Å². The number of benzene rings is 1. The minimum absolute atomic E-state index is 0.0640. The highest BCUT2D eigenvalue weighted by Gasteiger charge is 2.64. The summed E-state index contributed by atoms with van der Waals surface area (Å²) in [5.41, 5.74) is 1.76. The van der Waals surface area contributed by atoms with Crippen LogP contribution in [0.2, 0.25) is 5.02 Å². The van der Waals surface area contributed by atoms with Crippen LogP contribution in [0.4, 0.5) is 23.1 Å². The number of carbonyl (C=O) groups is 1. The molecule has 1 aliphatic heterocycles. The fourth-order valence-electron chi connectivity index (χ4n) is 6.41. The van der Waals surface area contributed by atoms with Crippen LogP contribution in [0.15, 0.2) is 30.5 Å². The lowest BCUT2D eigenvalue weighted by atomic mass is 9.40. The highest BCUT2D eigenvalue weighted by atomic mass is 35.5. The van der Waals surface area contributed by atoms with Gasteiger partial charge in [-0.3, -0.25) is 4.79 Å². The van der Waals surface area contributed by atoms with E-state index in [1.807, 2.05) is 12.1 Å². The number of nitrogens with zero attached hydrogens (tertiary/aromatic N) is 3. The van der Waals surface area contributed by atoms with Gasteiger partial charge >= 0.3 is 0 Å². The Kier molecular flexibility index (Phi) is 6.30. The maximum Gasteiger partial charge on any atom is 0.229 e. The lowest BCUT2D eigenvalue weighted by Crippen LogP contribution is -2.69. The van der Waals surface area contributed by atoms with Gasteiger partial charge in [-0.05, 0) is 61.3 Å². The standard InChI is InChI=1S/C26H35ClN6O2/c1-25(2)16-13-19(23(34)28-4)26(3,21(25)14-16)32-22-20(27)15-29-24(31-22)30-17-5-7-18(8-6-17)33-9-11-35-12-10-33/h5-8,15-16,19,21H,9-14H2,1-4H3,(H,28,34)(H2,29,30,31,32)/t16-,19-,21-,26+/m0/s1. The van der Waals surface area contributed by atoms with Gasteiger partial charge in [0.15, 0.2) is 5.82 Å². The Bertz CT molecular complexity index is 1090. The van der Waals surface area contributed by atoms with Crippen molar-refractivity contribution in [2.45, 2.75) is 39.2 Å². The number of nitrogens with one attached hydrogen (secondary N) is 3. The highest BCUT2D eigenvalue weighted by Crippen LogP contribution is 2.65. The van der Waals surface area contributed by atoms with Gasteiger partial charge in [0.05, 0.1) is 30.9 Å². The number of amides is 1. The maximum absolute atomic E-state index is 12.8. The summed E-state index contributed by atoms with van der Waals surface area (Å²) < 4.78 is 5.44. The molecular formula is C26H35ClN6O2. The first-order valence-corrected chi connectivity index (χ1v) is 12.8. The molecule has 1 amide bonds. The number of fused-ring (bicyclic) bond motifs is 2. The van der Waals surface area contributed by atoms with Gasteiger partial charge in [-0.25, -0.2) is 4.98 Å². The third-order valence-electron chi connectivity index (χ3n) is 8.63. The van der Waals surface area contributed by atoms with Crippen molar-refractivity contribution in [1.29, 1.82) is 0 Å². The molecule has 4 aliphatic rings. The number of aromatic nitrogens is 2. The quantitative estimate of drug-likeness (QED) is 0.546. The van der Waals surface area contributed by atoms with Crippen molar-refractivity contribution in [2.75, 3.05) is 48.9 Å². The number of hydrogen-bond acceptors (Lipinski definition) is 7. The van der Waals surface area contributed by atoms with Crippen LogP contribution in [0.1, 0.15) is 33.6 Å². The number of anilines is 4. The van der Waals surface area contributed by atoms with Crippen molar-refractivity contribution < 1.29 is 9.53 Å². The van der Waals surface area contributed by atoms with Gasteiger partial charge in [0.25, 0.3) is 0 Å². The number of rotatable bonds is 6. The van der Waals surface area contributed by atoms with E-state index in [4.69, 9.17) is 21.3 Å². The van der Waals surface area contributed by atoms with Crippen LogP contribution < -0.4 is 20.9 Å². The number of morpholine rings is 1. The van der Waals surface area contributed by atoms with Crippen LogP contribution in [0.5, 0.6) is 0 Å². The molecule has 35 heavy (non-hydrogen) atoms. The summed E-state index contributed by atoms with van der Waals surface area (Å²) in [6.45, 7) is 10.1. The molecule has 4 atom stereocenters. The molecular weight excluding hydrogens is 464 g/mol. The summed E-state index contributed by atoms with van der Waals surface area (Å²) in [5.74, 6) is 1.81. The average Bonchev–Trinajstić information content (AvgIpc) is 2.86. The van der Waals surface area contributed by atoms with E-state index in [2.05, 4.69) is 58.7 Å². The number of halogens is 1. The summed E-state index contributed by atoms with van der Waals surface area (Å²) in [7, 11) is 1.71. The SMILES string of the molecule is CNC(=O)[C@@H]1C[C@H]2C[C@@H](C2(C)C)[C@]1(C)Nc1nc(Nc2ccc(N3CCOCC3)cc2)ncc1Cl. The van der Waals surface area contributed by atoms with Crippen LogP contribution >= 0.6 is 11.6 Å². The van der Waals surface area contributed by atoms with Crippen LogP contribution in [-0.2, 0) is 9.53 Å². The first-order chi connectivity index (χ1) is 16.7. The van der Waals surface area contributed by atoms with Crippen molar-refractivity contribution in [1.82, 2.24) is 15.3 Å². The second kappa shape index (κ2) is 9.13. The molecule has 2 heterocycles. The number of ether oxygens (including phenoxy) is 1. The van der Waals surface area contributed by atoms with Gasteiger partial charge in [0.1, 0.15) is 5.02 Å². The van der Waals surface area contributed by atoms with E-state index in [0.717, 1.165) is 44.8 Å². The molecule has 0 radical (unpaired) electrons. The van der Waals surface area contributed by atoms with Crippen molar-refractivity contribution >= 4 is 40.6 Å². The van der Waals surface area contributed by atoms with Gasteiger partial charge < -0.3 is 25.6 Å². The average molecular weight is 499 g/mol. The minimum Gasteiger partial charge on any atom is -0.378 e. The normalized spacial score (nSPS) is 29.2. The Hall–Kier alpha value is -2.58. The van der Waals surface area contributed by atoms with Gasteiger partial charge in [-0.15, -0.1) is 0 Å². The third kappa shape index (κ3) is 4.31. The zero-order chi connectivity index (χ0) is 24.8. The van der Waals surface area contributed by atoms with Gasteiger partial charge in [-0.2, -0.15) is 4.98 Å². The Morgan fingerprint density at radius 3 is 2.51 bits per heavy atom. The van der Waals surface area contributed by atoms with Gasteiger partial charge in [-0.1, -0.05) is 25.4 Å². The molecule has 3 aliphatic carbocycles. The highest BCUT2D eigenvalue weighted by molar-refractivity contribution is 6.32. The number of hydrogen-bond donors (Lipinski definition) is 3. The van der Waals surface area contributed by atoms with E-state index < -0.39 is 5.54 Å². The predicted octanol–water partition coefficient (Wildman–Crippen LogP) is 4.31. The predicted molar refractivity (Wildman–Crippen MR) is 139 cm³/mol. The van der Waals surface area contributed by atoms with Gasteiger partial charge in [0.2, 0.25) is 11.9 Å². The molecule has 4 fully saturated rings. The Labute approximate surface area is 212 Å². The minimum atomic E-state index is -0.465. The number of carbonyl (C=O) groups excluding carboxylic acids is 1. The largest absolute Gasteiger partial charge is 0.378 e. The monoisotopic (exact) mass is 498 g/mol. The molecule has 1 aromatic heterocycles. The molecule has 0 spiro atoms. The summed E-state index contributed by atoms with van der Waals surface area (Å²) in [6, 6.07) is 8.23. The molecule has 8 nitrogen and oxygen atoms in total. The molecule has 2 bridgehead atoms. The fourth-order valence-corrected chi connectivity index (χ4v) is 6.55.